The van der Waals surface area contributed by atoms with Crippen LogP contribution in [-0.2, 0) is 9.59 Å². The fourth-order valence-corrected chi connectivity index (χ4v) is 3.64. The zero-order valence-corrected chi connectivity index (χ0v) is 18.6. The average Bonchev–Trinajstić information content (AvgIpc) is 2.75. The van der Waals surface area contributed by atoms with E-state index in [1.54, 1.807) is 4.90 Å². The molecule has 2 aromatic carbocycles. The lowest BCUT2D eigenvalue weighted by Gasteiger charge is -2.24. The van der Waals surface area contributed by atoms with Crippen molar-refractivity contribution >= 4 is 23.2 Å². The molecule has 0 aliphatic rings. The summed E-state index contributed by atoms with van der Waals surface area (Å²) in [5.41, 5.74) is 1.68. The number of anilines is 2. The summed E-state index contributed by atoms with van der Waals surface area (Å²) in [6, 6.07) is 19.3. The molecule has 0 saturated heterocycles. The third-order valence-corrected chi connectivity index (χ3v) is 5.47. The molecule has 0 aliphatic carbocycles. The summed E-state index contributed by atoms with van der Waals surface area (Å²) in [4.78, 5) is 27.3. The van der Waals surface area contributed by atoms with E-state index in [-0.39, 0.29) is 17.7 Å². The van der Waals surface area contributed by atoms with E-state index in [1.807, 2.05) is 67.6 Å². The van der Waals surface area contributed by atoms with Crippen LogP contribution < -0.4 is 10.2 Å². The number of carbonyl (C=O) groups is 2. The van der Waals surface area contributed by atoms with Gasteiger partial charge in [-0.15, -0.1) is 0 Å². The molecule has 0 aliphatic heterocycles. The van der Waals surface area contributed by atoms with Crippen molar-refractivity contribution in [3.63, 3.8) is 0 Å². The second-order valence-corrected chi connectivity index (χ2v) is 8.13. The summed E-state index contributed by atoms with van der Waals surface area (Å²) < 4.78 is 0. The van der Waals surface area contributed by atoms with E-state index >= 15 is 0 Å². The van der Waals surface area contributed by atoms with Crippen LogP contribution >= 0.6 is 0 Å². The monoisotopic (exact) mass is 408 g/mol. The molecule has 4 nitrogen and oxygen atoms in total. The Balaban J connectivity index is 1.94. The summed E-state index contributed by atoms with van der Waals surface area (Å²) in [6.45, 7) is 7.07. The van der Waals surface area contributed by atoms with Crippen molar-refractivity contribution in [2.75, 3.05) is 11.4 Å². The summed E-state index contributed by atoms with van der Waals surface area (Å²) in [6.07, 6.45) is 5.32. The number of amides is 2. The first-order chi connectivity index (χ1) is 14.5. The maximum Gasteiger partial charge on any atom is 0.231 e. The van der Waals surface area contributed by atoms with Crippen LogP contribution in [0.1, 0.15) is 59.3 Å². The van der Waals surface area contributed by atoms with Crippen LogP contribution in [0, 0.1) is 11.8 Å². The minimum Gasteiger partial charge on any atom is -0.356 e. The molecule has 2 rings (SSSR count). The molecule has 0 heterocycles. The predicted molar refractivity (Wildman–Crippen MR) is 125 cm³/mol. The van der Waals surface area contributed by atoms with Gasteiger partial charge < -0.3 is 5.32 Å². The van der Waals surface area contributed by atoms with Gasteiger partial charge in [0.25, 0.3) is 0 Å². The number of hydrogen-bond donors (Lipinski definition) is 1. The van der Waals surface area contributed by atoms with Gasteiger partial charge in [0.1, 0.15) is 0 Å². The fraction of sp³-hybridized carbons (Fsp3) is 0.462. The number of nitrogens with one attached hydrogen (secondary N) is 1. The normalized spacial score (nSPS) is 12.8. The van der Waals surface area contributed by atoms with Gasteiger partial charge in [0.15, 0.2) is 0 Å². The van der Waals surface area contributed by atoms with Crippen molar-refractivity contribution in [1.29, 1.82) is 0 Å². The standard InChI is InChI=1S/C26H36N2O2/c1-4-6-13-22(5-2)20-27-25(29)18-21(3)19-26(30)28(23-14-9-7-10-15-23)24-16-11-8-12-17-24/h7-12,14-17,21-22H,4-6,13,18-20H2,1-3H3,(H,27,29)/t21-,22+/m1/s1. The van der Waals surface area contributed by atoms with Gasteiger partial charge in [-0.1, -0.05) is 76.4 Å². The fourth-order valence-electron chi connectivity index (χ4n) is 3.64. The van der Waals surface area contributed by atoms with Crippen molar-refractivity contribution in [3.8, 4) is 0 Å². The minimum atomic E-state index is -0.0249. The van der Waals surface area contributed by atoms with E-state index in [0.29, 0.717) is 18.8 Å². The summed E-state index contributed by atoms with van der Waals surface area (Å²) in [7, 11) is 0. The minimum absolute atomic E-state index is 0.00193. The van der Waals surface area contributed by atoms with E-state index in [0.717, 1.165) is 30.8 Å². The molecule has 30 heavy (non-hydrogen) atoms. The number of nitrogens with zero attached hydrogens (tertiary/aromatic N) is 1. The number of rotatable bonds is 12. The van der Waals surface area contributed by atoms with Gasteiger partial charge >= 0.3 is 0 Å². The van der Waals surface area contributed by atoms with Crippen LogP contribution in [0.4, 0.5) is 11.4 Å². The maximum atomic E-state index is 13.2. The van der Waals surface area contributed by atoms with Gasteiger partial charge in [-0.25, -0.2) is 0 Å². The summed E-state index contributed by atoms with van der Waals surface area (Å²) in [5, 5.41) is 3.08. The third kappa shape index (κ3) is 7.66. The Hall–Kier alpha value is -2.62. The van der Waals surface area contributed by atoms with Gasteiger partial charge in [-0.3, -0.25) is 14.5 Å². The van der Waals surface area contributed by atoms with E-state index < -0.39 is 0 Å². The number of benzene rings is 2. The molecule has 162 valence electrons. The van der Waals surface area contributed by atoms with Gasteiger partial charge in [0.05, 0.1) is 0 Å². The average molecular weight is 409 g/mol. The number of hydrogen-bond acceptors (Lipinski definition) is 2. The van der Waals surface area contributed by atoms with Gasteiger partial charge in [0.2, 0.25) is 11.8 Å². The Morgan fingerprint density at radius 2 is 1.47 bits per heavy atom. The molecule has 2 atom stereocenters. The van der Waals surface area contributed by atoms with Crippen molar-refractivity contribution in [2.24, 2.45) is 11.8 Å². The molecule has 0 saturated carbocycles. The molecular weight excluding hydrogens is 372 g/mol. The Morgan fingerprint density at radius 3 is 1.97 bits per heavy atom. The first-order valence-electron chi connectivity index (χ1n) is 11.2. The summed E-state index contributed by atoms with van der Waals surface area (Å²) >= 11 is 0. The van der Waals surface area contributed by atoms with Gasteiger partial charge in [0, 0.05) is 30.8 Å². The largest absolute Gasteiger partial charge is 0.356 e. The van der Waals surface area contributed by atoms with Crippen LogP contribution in [0.25, 0.3) is 0 Å². The smallest absolute Gasteiger partial charge is 0.231 e. The molecule has 2 amide bonds. The van der Waals surface area contributed by atoms with Crippen LogP contribution in [0.5, 0.6) is 0 Å². The highest BCUT2D eigenvalue weighted by atomic mass is 16.2. The molecule has 0 bridgehead atoms. The van der Waals surface area contributed by atoms with E-state index in [2.05, 4.69) is 19.2 Å². The zero-order valence-electron chi connectivity index (χ0n) is 18.6. The first-order valence-corrected chi connectivity index (χ1v) is 11.2. The Labute approximate surface area is 181 Å². The Kier molecular flexibility index (Phi) is 10.1. The van der Waals surface area contributed by atoms with E-state index in [1.165, 1.54) is 12.8 Å². The third-order valence-electron chi connectivity index (χ3n) is 5.47. The number of para-hydroxylation sites is 2. The number of unbranched alkanes of at least 4 members (excludes halogenated alkanes) is 1. The van der Waals surface area contributed by atoms with E-state index in [4.69, 9.17) is 0 Å². The molecule has 1 N–H and O–H groups in total. The van der Waals surface area contributed by atoms with Crippen molar-refractivity contribution < 1.29 is 9.59 Å². The molecule has 2 aromatic rings. The molecule has 0 spiro atoms. The lowest BCUT2D eigenvalue weighted by molar-refractivity contribution is -0.122. The van der Waals surface area contributed by atoms with E-state index in [9.17, 15) is 9.59 Å². The second kappa shape index (κ2) is 12.8. The van der Waals surface area contributed by atoms with Gasteiger partial charge in [-0.05, 0) is 42.5 Å². The quantitative estimate of drug-likeness (QED) is 0.461. The predicted octanol–water partition coefficient (Wildman–Crippen LogP) is 6.10. The van der Waals surface area contributed by atoms with Crippen LogP contribution in [-0.4, -0.2) is 18.4 Å². The van der Waals surface area contributed by atoms with Crippen molar-refractivity contribution in [3.05, 3.63) is 60.7 Å². The Morgan fingerprint density at radius 1 is 0.900 bits per heavy atom. The van der Waals surface area contributed by atoms with Crippen molar-refractivity contribution in [2.45, 2.75) is 59.3 Å². The molecule has 4 heteroatoms. The lowest BCUT2D eigenvalue weighted by Crippen LogP contribution is -2.32. The van der Waals surface area contributed by atoms with Crippen molar-refractivity contribution in [1.82, 2.24) is 5.32 Å². The Bertz CT molecular complexity index is 722. The second-order valence-electron chi connectivity index (χ2n) is 8.13. The molecule has 0 aromatic heterocycles. The van der Waals surface area contributed by atoms with Crippen LogP contribution in [0.2, 0.25) is 0 Å². The molecule has 0 unspecified atom stereocenters. The highest BCUT2D eigenvalue weighted by Gasteiger charge is 2.21. The summed E-state index contributed by atoms with van der Waals surface area (Å²) in [5.74, 6) is 0.555. The molecule has 0 fully saturated rings. The van der Waals surface area contributed by atoms with Crippen LogP contribution in [0.3, 0.4) is 0 Å². The zero-order chi connectivity index (χ0) is 21.8. The maximum absolute atomic E-state index is 13.2. The molecule has 0 radical (unpaired) electrons. The highest BCUT2D eigenvalue weighted by molar-refractivity contribution is 6.00. The number of carbonyl (C=O) groups excluding carboxylic acids is 2. The lowest BCUT2D eigenvalue weighted by atomic mass is 9.98. The van der Waals surface area contributed by atoms with Crippen LogP contribution in [0.15, 0.2) is 60.7 Å². The highest BCUT2D eigenvalue weighted by Crippen LogP contribution is 2.27. The first kappa shape index (κ1) is 23.7. The SMILES string of the molecule is CCCC[C@H](CC)CNC(=O)C[C@@H](C)CC(=O)N(c1ccccc1)c1ccccc1. The van der Waals surface area contributed by atoms with Gasteiger partial charge in [-0.2, -0.15) is 0 Å². The molecular formula is C26H36N2O2. The topological polar surface area (TPSA) is 49.4 Å².